The van der Waals surface area contributed by atoms with Crippen LogP contribution in [0.3, 0.4) is 0 Å². The Bertz CT molecular complexity index is 1530. The third-order valence-corrected chi connectivity index (χ3v) is 6.86. The van der Waals surface area contributed by atoms with Crippen molar-refractivity contribution >= 4 is 23.0 Å². The summed E-state index contributed by atoms with van der Waals surface area (Å²) in [5, 5.41) is 8.03. The first-order chi connectivity index (χ1) is 17.9. The number of methoxy groups -OCH3 is 1. The standard InChI is InChI=1S/C31H29N3O3/c1-19-9-5-7-11-25(19)32-28(36)18-24-27(35)17-21(3)29-30(22-13-15-23(37-4)16-14-22)33-34(31(24)29)26-12-8-6-10-20(26)2/h5-17,24H,18H2,1-4H3,(H,32,36). The summed E-state index contributed by atoms with van der Waals surface area (Å²) in [4.78, 5) is 26.6. The lowest BCUT2D eigenvalue weighted by atomic mass is 9.83. The molecule has 0 spiro atoms. The molecule has 37 heavy (non-hydrogen) atoms. The Hall–Kier alpha value is -4.45. The molecule has 1 aromatic heterocycles. The van der Waals surface area contributed by atoms with Crippen molar-refractivity contribution in [2.24, 2.45) is 0 Å². The van der Waals surface area contributed by atoms with Gasteiger partial charge in [0.25, 0.3) is 0 Å². The highest BCUT2D eigenvalue weighted by atomic mass is 16.5. The zero-order valence-electron chi connectivity index (χ0n) is 21.4. The highest BCUT2D eigenvalue weighted by molar-refractivity contribution is 6.08. The summed E-state index contributed by atoms with van der Waals surface area (Å²) in [5.74, 6) is -0.220. The number of para-hydroxylation sites is 2. The number of nitrogens with one attached hydrogen (secondary N) is 1. The number of fused-ring (bicyclic) bond motifs is 1. The minimum absolute atomic E-state index is 0.0174. The quantitative estimate of drug-likeness (QED) is 0.345. The van der Waals surface area contributed by atoms with Crippen LogP contribution in [0.25, 0.3) is 22.5 Å². The van der Waals surface area contributed by atoms with Gasteiger partial charge in [-0.3, -0.25) is 9.59 Å². The zero-order valence-corrected chi connectivity index (χ0v) is 21.4. The number of aryl methyl sites for hydroxylation is 2. The second-order valence-corrected chi connectivity index (χ2v) is 9.39. The summed E-state index contributed by atoms with van der Waals surface area (Å²) in [7, 11) is 1.63. The van der Waals surface area contributed by atoms with Crippen molar-refractivity contribution in [3.05, 3.63) is 101 Å². The molecule has 186 valence electrons. The first-order valence-electron chi connectivity index (χ1n) is 12.3. The number of hydrogen-bond acceptors (Lipinski definition) is 4. The van der Waals surface area contributed by atoms with Crippen molar-refractivity contribution in [1.82, 2.24) is 9.78 Å². The van der Waals surface area contributed by atoms with Gasteiger partial charge in [-0.2, -0.15) is 5.10 Å². The number of carbonyl (C=O) groups is 2. The third-order valence-electron chi connectivity index (χ3n) is 6.86. The van der Waals surface area contributed by atoms with Gasteiger partial charge in [-0.25, -0.2) is 4.68 Å². The van der Waals surface area contributed by atoms with E-state index in [0.717, 1.165) is 56.3 Å². The number of carbonyl (C=O) groups excluding carboxylic acids is 2. The number of amides is 1. The van der Waals surface area contributed by atoms with E-state index in [1.54, 1.807) is 13.2 Å². The smallest absolute Gasteiger partial charge is 0.225 e. The Morgan fingerprint density at radius 1 is 0.946 bits per heavy atom. The molecule has 0 aliphatic heterocycles. The van der Waals surface area contributed by atoms with Crippen LogP contribution in [-0.4, -0.2) is 28.6 Å². The molecule has 0 saturated carbocycles. The number of rotatable bonds is 6. The first kappa shape index (κ1) is 24.3. The Labute approximate surface area is 216 Å². The molecule has 0 saturated heterocycles. The zero-order chi connectivity index (χ0) is 26.1. The van der Waals surface area contributed by atoms with E-state index in [0.29, 0.717) is 0 Å². The van der Waals surface area contributed by atoms with E-state index in [-0.39, 0.29) is 18.1 Å². The molecule has 6 nitrogen and oxygen atoms in total. The maximum absolute atomic E-state index is 13.4. The number of ether oxygens (including phenoxy) is 1. The van der Waals surface area contributed by atoms with Crippen molar-refractivity contribution < 1.29 is 14.3 Å². The second-order valence-electron chi connectivity index (χ2n) is 9.39. The fraction of sp³-hybridized carbons (Fsp3) is 0.194. The highest BCUT2D eigenvalue weighted by Gasteiger charge is 2.36. The van der Waals surface area contributed by atoms with E-state index in [4.69, 9.17) is 9.84 Å². The lowest BCUT2D eigenvalue weighted by Gasteiger charge is -2.23. The summed E-state index contributed by atoms with van der Waals surface area (Å²) in [6, 6.07) is 23.3. The third kappa shape index (κ3) is 4.58. The Balaban J connectivity index is 1.64. The lowest BCUT2D eigenvalue weighted by Crippen LogP contribution is -2.25. The predicted molar refractivity (Wildman–Crippen MR) is 146 cm³/mol. The summed E-state index contributed by atoms with van der Waals surface area (Å²) in [6.45, 7) is 5.89. The molecule has 1 atom stereocenters. The number of anilines is 1. The van der Waals surface area contributed by atoms with Crippen LogP contribution in [0.4, 0.5) is 5.69 Å². The lowest BCUT2D eigenvalue weighted by molar-refractivity contribution is -0.121. The van der Waals surface area contributed by atoms with Crippen molar-refractivity contribution in [3.63, 3.8) is 0 Å². The maximum atomic E-state index is 13.4. The van der Waals surface area contributed by atoms with Gasteiger partial charge < -0.3 is 10.1 Å². The Kier molecular flexibility index (Phi) is 6.49. The molecule has 4 aromatic rings. The molecule has 1 unspecified atom stereocenters. The largest absolute Gasteiger partial charge is 0.497 e. The van der Waals surface area contributed by atoms with Crippen LogP contribution in [-0.2, 0) is 9.59 Å². The molecule has 6 heteroatoms. The topological polar surface area (TPSA) is 73.2 Å². The van der Waals surface area contributed by atoms with E-state index in [9.17, 15) is 9.59 Å². The van der Waals surface area contributed by atoms with Crippen LogP contribution in [0.1, 0.15) is 41.6 Å². The van der Waals surface area contributed by atoms with Gasteiger partial charge in [0.15, 0.2) is 5.78 Å². The van der Waals surface area contributed by atoms with Crippen LogP contribution >= 0.6 is 0 Å². The fourth-order valence-corrected chi connectivity index (χ4v) is 4.90. The van der Waals surface area contributed by atoms with Crippen LogP contribution < -0.4 is 10.1 Å². The Morgan fingerprint density at radius 2 is 1.62 bits per heavy atom. The number of benzene rings is 3. The minimum atomic E-state index is -0.665. The maximum Gasteiger partial charge on any atom is 0.225 e. The summed E-state index contributed by atoms with van der Waals surface area (Å²) >= 11 is 0. The van der Waals surface area contributed by atoms with Crippen LogP contribution in [0, 0.1) is 13.8 Å². The predicted octanol–water partition coefficient (Wildman–Crippen LogP) is 6.26. The normalized spacial score (nSPS) is 14.6. The molecule has 5 rings (SSSR count). The van der Waals surface area contributed by atoms with Crippen LogP contribution in [0.5, 0.6) is 5.75 Å². The number of aromatic nitrogens is 2. The average molecular weight is 492 g/mol. The monoisotopic (exact) mass is 491 g/mol. The van der Waals surface area contributed by atoms with Gasteiger partial charge in [-0.05, 0) is 79.9 Å². The fourth-order valence-electron chi connectivity index (χ4n) is 4.90. The van der Waals surface area contributed by atoms with Crippen LogP contribution in [0.15, 0.2) is 78.9 Å². The van der Waals surface area contributed by atoms with E-state index in [2.05, 4.69) is 5.32 Å². The molecule has 1 heterocycles. The molecule has 1 amide bonds. The number of hydrogen-bond donors (Lipinski definition) is 1. The average Bonchev–Trinajstić information content (AvgIpc) is 3.29. The molecule has 1 aliphatic rings. The van der Waals surface area contributed by atoms with E-state index in [1.807, 2.05) is 98.2 Å². The van der Waals surface area contributed by atoms with Gasteiger partial charge in [-0.15, -0.1) is 0 Å². The van der Waals surface area contributed by atoms with Gasteiger partial charge in [-0.1, -0.05) is 36.4 Å². The van der Waals surface area contributed by atoms with E-state index < -0.39 is 5.92 Å². The van der Waals surface area contributed by atoms with Crippen molar-refractivity contribution in [2.45, 2.75) is 33.1 Å². The summed E-state index contributed by atoms with van der Waals surface area (Å²) in [6.07, 6.45) is 1.66. The molecule has 0 fully saturated rings. The first-order valence-corrected chi connectivity index (χ1v) is 12.3. The van der Waals surface area contributed by atoms with Crippen molar-refractivity contribution in [3.8, 4) is 22.7 Å². The van der Waals surface area contributed by atoms with Crippen molar-refractivity contribution in [2.75, 3.05) is 12.4 Å². The molecule has 0 bridgehead atoms. The van der Waals surface area contributed by atoms with E-state index in [1.165, 1.54) is 0 Å². The summed E-state index contributed by atoms with van der Waals surface area (Å²) in [5.41, 5.74) is 7.76. The van der Waals surface area contributed by atoms with Gasteiger partial charge in [0.2, 0.25) is 5.91 Å². The minimum Gasteiger partial charge on any atom is -0.497 e. The number of ketones is 1. The van der Waals surface area contributed by atoms with Gasteiger partial charge >= 0.3 is 0 Å². The highest BCUT2D eigenvalue weighted by Crippen LogP contribution is 2.42. The molecular formula is C31H29N3O3. The molecule has 1 N–H and O–H groups in total. The van der Waals surface area contributed by atoms with Gasteiger partial charge in [0, 0.05) is 23.2 Å². The second kappa shape index (κ2) is 9.90. The number of allylic oxidation sites excluding steroid dienone is 2. The molecule has 0 radical (unpaired) electrons. The van der Waals surface area contributed by atoms with Crippen molar-refractivity contribution in [1.29, 1.82) is 0 Å². The van der Waals surface area contributed by atoms with Crippen LogP contribution in [0.2, 0.25) is 0 Å². The van der Waals surface area contributed by atoms with Gasteiger partial charge in [0.05, 0.1) is 24.4 Å². The SMILES string of the molecule is COc1ccc(-c2nn(-c3ccccc3C)c3c2C(C)=CC(=O)C3CC(=O)Nc2ccccc2C)cc1. The van der Waals surface area contributed by atoms with E-state index >= 15 is 0 Å². The molecular weight excluding hydrogens is 462 g/mol. The number of nitrogens with zero attached hydrogens (tertiary/aromatic N) is 2. The molecule has 3 aromatic carbocycles. The Morgan fingerprint density at radius 3 is 2.30 bits per heavy atom. The molecule has 1 aliphatic carbocycles. The van der Waals surface area contributed by atoms with Gasteiger partial charge in [0.1, 0.15) is 11.4 Å². The summed E-state index contributed by atoms with van der Waals surface area (Å²) < 4.78 is 7.19.